The van der Waals surface area contributed by atoms with E-state index in [0.29, 0.717) is 6.61 Å². The zero-order valence-electron chi connectivity index (χ0n) is 11.0. The van der Waals surface area contributed by atoms with Gasteiger partial charge in [0.25, 0.3) is 0 Å². The van der Waals surface area contributed by atoms with E-state index in [1.54, 1.807) is 0 Å². The lowest BCUT2D eigenvalue weighted by molar-refractivity contribution is 0.317. The molecular weight excluding hydrogens is 212 g/mol. The third-order valence-electron chi connectivity index (χ3n) is 2.43. The van der Waals surface area contributed by atoms with Crippen molar-refractivity contribution in [3.8, 4) is 5.75 Å². The third-order valence-corrected chi connectivity index (χ3v) is 2.43. The van der Waals surface area contributed by atoms with E-state index in [1.807, 2.05) is 26.1 Å². The maximum atomic E-state index is 5.79. The fourth-order valence-corrected chi connectivity index (χ4v) is 1.43. The summed E-state index contributed by atoms with van der Waals surface area (Å²) in [5.74, 6) is 0.930. The fraction of sp³-hybridized carbons (Fsp3) is 0.500. The molecule has 0 saturated heterocycles. The van der Waals surface area contributed by atoms with Crippen LogP contribution < -0.4 is 10.1 Å². The second-order valence-corrected chi connectivity index (χ2v) is 4.27. The number of aryl methyl sites for hydroxylation is 1. The summed E-state index contributed by atoms with van der Waals surface area (Å²) in [6.45, 7) is 12.4. The lowest BCUT2D eigenvalue weighted by Crippen LogP contribution is -2.13. The van der Waals surface area contributed by atoms with Gasteiger partial charge in [-0.2, -0.15) is 0 Å². The first-order chi connectivity index (χ1) is 8.13. The maximum Gasteiger partial charge on any atom is 0.127 e. The molecule has 0 aliphatic heterocycles. The minimum Gasteiger partial charge on any atom is -0.493 e. The van der Waals surface area contributed by atoms with Gasteiger partial charge >= 0.3 is 0 Å². The normalized spacial score (nSPS) is 10.3. The molecule has 1 aromatic rings. The number of aromatic nitrogens is 1. The number of hydrogen-bond donors (Lipinski definition) is 1. The lowest BCUT2D eigenvalue weighted by atomic mass is 10.2. The summed E-state index contributed by atoms with van der Waals surface area (Å²) >= 11 is 0. The van der Waals surface area contributed by atoms with Gasteiger partial charge in [-0.15, -0.1) is 6.58 Å². The van der Waals surface area contributed by atoms with Crippen molar-refractivity contribution in [3.63, 3.8) is 0 Å². The van der Waals surface area contributed by atoms with Crippen LogP contribution in [-0.4, -0.2) is 18.1 Å². The largest absolute Gasteiger partial charge is 0.493 e. The van der Waals surface area contributed by atoms with E-state index >= 15 is 0 Å². The van der Waals surface area contributed by atoms with Gasteiger partial charge in [0, 0.05) is 36.5 Å². The van der Waals surface area contributed by atoms with Gasteiger partial charge in [-0.05, 0) is 20.4 Å². The number of nitrogens with one attached hydrogen (secondary N) is 1. The predicted molar refractivity (Wildman–Crippen MR) is 71.3 cm³/mol. The first kappa shape index (κ1) is 13.7. The van der Waals surface area contributed by atoms with Gasteiger partial charge in [-0.3, -0.25) is 4.98 Å². The molecule has 0 saturated carbocycles. The Morgan fingerprint density at radius 2 is 2.29 bits per heavy atom. The van der Waals surface area contributed by atoms with Crippen LogP contribution in [0.15, 0.2) is 24.4 Å². The molecule has 17 heavy (non-hydrogen) atoms. The van der Waals surface area contributed by atoms with E-state index in [2.05, 4.69) is 23.8 Å². The molecule has 0 fully saturated rings. The zero-order chi connectivity index (χ0) is 12.7. The van der Waals surface area contributed by atoms with Gasteiger partial charge in [-0.1, -0.05) is 12.5 Å². The van der Waals surface area contributed by atoms with Crippen molar-refractivity contribution in [2.24, 2.45) is 0 Å². The molecule has 0 bridgehead atoms. The molecular formula is C14H22N2O. The molecule has 3 heteroatoms. The van der Waals surface area contributed by atoms with Crippen LogP contribution in [0.25, 0.3) is 0 Å². The number of pyridine rings is 1. The van der Waals surface area contributed by atoms with Crippen molar-refractivity contribution in [2.45, 2.75) is 33.7 Å². The first-order valence-corrected chi connectivity index (χ1v) is 6.07. The molecule has 94 valence electrons. The van der Waals surface area contributed by atoms with Crippen molar-refractivity contribution in [3.05, 3.63) is 35.7 Å². The molecule has 0 radical (unpaired) electrons. The van der Waals surface area contributed by atoms with Crippen LogP contribution >= 0.6 is 0 Å². The zero-order valence-corrected chi connectivity index (χ0v) is 11.0. The Kier molecular flexibility index (Phi) is 5.70. The Hall–Kier alpha value is -1.35. The van der Waals surface area contributed by atoms with Gasteiger partial charge in [0.2, 0.25) is 0 Å². The first-order valence-electron chi connectivity index (χ1n) is 6.07. The number of hydrogen-bond acceptors (Lipinski definition) is 3. The summed E-state index contributed by atoms with van der Waals surface area (Å²) < 4.78 is 5.79. The molecule has 0 aromatic carbocycles. The van der Waals surface area contributed by atoms with Crippen molar-refractivity contribution in [1.82, 2.24) is 10.3 Å². The molecule has 3 nitrogen and oxygen atoms in total. The minimum atomic E-state index is 0.678. The van der Waals surface area contributed by atoms with Gasteiger partial charge < -0.3 is 10.1 Å². The monoisotopic (exact) mass is 234 g/mol. The summed E-state index contributed by atoms with van der Waals surface area (Å²) in [5.41, 5.74) is 3.23. The second-order valence-electron chi connectivity index (χ2n) is 4.27. The highest BCUT2D eigenvalue weighted by atomic mass is 16.5. The third kappa shape index (κ3) is 5.00. The molecule has 1 aromatic heterocycles. The van der Waals surface area contributed by atoms with E-state index < -0.39 is 0 Å². The van der Waals surface area contributed by atoms with Gasteiger partial charge in [0.1, 0.15) is 5.75 Å². The van der Waals surface area contributed by atoms with Crippen LogP contribution in [0, 0.1) is 6.92 Å². The highest BCUT2D eigenvalue weighted by molar-refractivity contribution is 5.32. The highest BCUT2D eigenvalue weighted by Gasteiger charge is 2.04. The van der Waals surface area contributed by atoms with Crippen LogP contribution in [0.1, 0.15) is 31.5 Å². The quantitative estimate of drug-likeness (QED) is 0.737. The van der Waals surface area contributed by atoms with Crippen LogP contribution in [0.5, 0.6) is 5.75 Å². The van der Waals surface area contributed by atoms with Gasteiger partial charge in [-0.25, -0.2) is 0 Å². The van der Waals surface area contributed by atoms with Crippen LogP contribution in [0.4, 0.5) is 0 Å². The molecule has 0 aliphatic carbocycles. The fourth-order valence-electron chi connectivity index (χ4n) is 1.43. The molecule has 0 aliphatic rings. The summed E-state index contributed by atoms with van der Waals surface area (Å²) in [5, 5.41) is 3.29. The number of rotatable bonds is 7. The molecule has 1 heterocycles. The maximum absolute atomic E-state index is 5.79. The average molecular weight is 234 g/mol. The number of ether oxygens (including phenoxy) is 1. The van der Waals surface area contributed by atoms with Crippen LogP contribution in [0.2, 0.25) is 0 Å². The SMILES string of the molecule is C=C(C)CCOc1cc(C)ncc1CNCC. The molecule has 0 atom stereocenters. The minimum absolute atomic E-state index is 0.678. The average Bonchev–Trinajstić information content (AvgIpc) is 2.27. The van der Waals surface area contributed by atoms with Crippen molar-refractivity contribution < 1.29 is 4.74 Å². The lowest BCUT2D eigenvalue weighted by Gasteiger charge is -2.12. The Labute approximate surface area is 104 Å². The van der Waals surface area contributed by atoms with E-state index in [1.165, 1.54) is 0 Å². The molecule has 0 unspecified atom stereocenters. The van der Waals surface area contributed by atoms with Gasteiger partial charge in [0.05, 0.1) is 6.61 Å². The van der Waals surface area contributed by atoms with E-state index in [9.17, 15) is 0 Å². The van der Waals surface area contributed by atoms with Crippen molar-refractivity contribution in [1.29, 1.82) is 0 Å². The Balaban J connectivity index is 2.65. The van der Waals surface area contributed by atoms with E-state index in [-0.39, 0.29) is 0 Å². The molecule has 1 N–H and O–H groups in total. The smallest absolute Gasteiger partial charge is 0.127 e. The molecule has 0 amide bonds. The summed E-state index contributed by atoms with van der Waals surface area (Å²) in [6, 6.07) is 1.99. The Morgan fingerprint density at radius 3 is 2.94 bits per heavy atom. The van der Waals surface area contributed by atoms with E-state index in [0.717, 1.165) is 42.1 Å². The summed E-state index contributed by atoms with van der Waals surface area (Å²) in [4.78, 5) is 4.30. The molecule has 1 rings (SSSR count). The van der Waals surface area contributed by atoms with Crippen molar-refractivity contribution in [2.75, 3.05) is 13.2 Å². The Morgan fingerprint density at radius 1 is 1.53 bits per heavy atom. The van der Waals surface area contributed by atoms with Crippen molar-refractivity contribution >= 4 is 0 Å². The van der Waals surface area contributed by atoms with Crippen LogP contribution in [0.3, 0.4) is 0 Å². The highest BCUT2D eigenvalue weighted by Crippen LogP contribution is 2.19. The predicted octanol–water partition coefficient (Wildman–Crippen LogP) is 2.84. The second kappa shape index (κ2) is 7.07. The Bertz CT molecular complexity index is 374. The van der Waals surface area contributed by atoms with Gasteiger partial charge in [0.15, 0.2) is 0 Å². The van der Waals surface area contributed by atoms with Crippen LogP contribution in [-0.2, 0) is 6.54 Å². The topological polar surface area (TPSA) is 34.1 Å². The molecule has 0 spiro atoms. The number of nitrogens with zero attached hydrogens (tertiary/aromatic N) is 1. The summed E-state index contributed by atoms with van der Waals surface area (Å²) in [7, 11) is 0. The van der Waals surface area contributed by atoms with E-state index in [4.69, 9.17) is 4.74 Å². The summed E-state index contributed by atoms with van der Waals surface area (Å²) in [6.07, 6.45) is 2.77. The standard InChI is InChI=1S/C14H22N2O/c1-5-15-9-13-10-16-12(4)8-14(13)17-7-6-11(2)3/h8,10,15H,2,5-7,9H2,1,3-4H3.